The predicted molar refractivity (Wildman–Crippen MR) is 63.2 cm³/mol. The minimum atomic E-state index is -0.0332. The Bertz CT molecular complexity index is 353. The van der Waals surface area contributed by atoms with E-state index >= 15 is 0 Å². The summed E-state index contributed by atoms with van der Waals surface area (Å²) in [5.74, 6) is 0.759. The quantitative estimate of drug-likeness (QED) is 0.787. The Morgan fingerprint density at radius 3 is 2.94 bits per heavy atom. The zero-order valence-corrected chi connectivity index (χ0v) is 9.69. The SMILES string of the molecule is COc1cccc(C(C)NC(=O)CCN)c1. The number of rotatable bonds is 5. The van der Waals surface area contributed by atoms with Gasteiger partial charge in [0.15, 0.2) is 0 Å². The molecule has 0 aliphatic carbocycles. The van der Waals surface area contributed by atoms with Crippen LogP contribution in [-0.4, -0.2) is 19.6 Å². The topological polar surface area (TPSA) is 64.3 Å². The molecule has 1 amide bonds. The summed E-state index contributed by atoms with van der Waals surface area (Å²) < 4.78 is 5.12. The summed E-state index contributed by atoms with van der Waals surface area (Å²) >= 11 is 0. The van der Waals surface area contributed by atoms with Gasteiger partial charge in [-0.25, -0.2) is 0 Å². The minimum absolute atomic E-state index is 0.0298. The second-order valence-corrected chi connectivity index (χ2v) is 3.60. The van der Waals surface area contributed by atoms with E-state index in [4.69, 9.17) is 10.5 Å². The fourth-order valence-corrected chi connectivity index (χ4v) is 1.44. The summed E-state index contributed by atoms with van der Waals surface area (Å²) in [6.45, 7) is 2.31. The fourth-order valence-electron chi connectivity index (χ4n) is 1.44. The Morgan fingerprint density at radius 2 is 2.31 bits per heavy atom. The predicted octanol–water partition coefficient (Wildman–Crippen LogP) is 1.22. The van der Waals surface area contributed by atoms with E-state index in [0.717, 1.165) is 11.3 Å². The van der Waals surface area contributed by atoms with Crippen LogP contribution >= 0.6 is 0 Å². The second kappa shape index (κ2) is 6.12. The first kappa shape index (κ1) is 12.5. The molecule has 0 bridgehead atoms. The molecule has 1 atom stereocenters. The van der Waals surface area contributed by atoms with Gasteiger partial charge in [-0.1, -0.05) is 12.1 Å². The number of ether oxygens (including phenoxy) is 1. The van der Waals surface area contributed by atoms with Gasteiger partial charge in [0, 0.05) is 13.0 Å². The molecule has 0 saturated carbocycles. The lowest BCUT2D eigenvalue weighted by molar-refractivity contribution is -0.121. The highest BCUT2D eigenvalue weighted by Crippen LogP contribution is 2.18. The van der Waals surface area contributed by atoms with Crippen molar-refractivity contribution in [3.05, 3.63) is 29.8 Å². The summed E-state index contributed by atoms with van der Waals surface area (Å²) in [6, 6.07) is 7.61. The van der Waals surface area contributed by atoms with Crippen molar-refractivity contribution in [3.8, 4) is 5.75 Å². The normalized spacial score (nSPS) is 11.9. The van der Waals surface area contributed by atoms with E-state index in [-0.39, 0.29) is 11.9 Å². The smallest absolute Gasteiger partial charge is 0.221 e. The Kier molecular flexibility index (Phi) is 4.79. The highest BCUT2D eigenvalue weighted by Gasteiger charge is 2.09. The molecule has 1 aromatic rings. The molecule has 0 aliphatic heterocycles. The monoisotopic (exact) mass is 222 g/mol. The van der Waals surface area contributed by atoms with Crippen LogP contribution in [-0.2, 0) is 4.79 Å². The van der Waals surface area contributed by atoms with E-state index in [1.807, 2.05) is 31.2 Å². The molecule has 0 fully saturated rings. The number of nitrogens with one attached hydrogen (secondary N) is 1. The third-order valence-corrected chi connectivity index (χ3v) is 2.34. The fraction of sp³-hybridized carbons (Fsp3) is 0.417. The van der Waals surface area contributed by atoms with Crippen LogP contribution in [0.25, 0.3) is 0 Å². The van der Waals surface area contributed by atoms with Crippen LogP contribution in [0.3, 0.4) is 0 Å². The van der Waals surface area contributed by atoms with Crippen molar-refractivity contribution in [1.82, 2.24) is 5.32 Å². The van der Waals surface area contributed by atoms with Crippen molar-refractivity contribution in [2.75, 3.05) is 13.7 Å². The lowest BCUT2D eigenvalue weighted by Crippen LogP contribution is -2.28. The van der Waals surface area contributed by atoms with Crippen LogP contribution in [0.2, 0.25) is 0 Å². The molecular formula is C12H18N2O2. The minimum Gasteiger partial charge on any atom is -0.497 e. The molecule has 0 spiro atoms. The Morgan fingerprint density at radius 1 is 1.56 bits per heavy atom. The summed E-state index contributed by atoms with van der Waals surface area (Å²) in [4.78, 5) is 11.4. The van der Waals surface area contributed by atoms with Gasteiger partial charge in [0.1, 0.15) is 5.75 Å². The van der Waals surface area contributed by atoms with Crippen molar-refractivity contribution in [3.63, 3.8) is 0 Å². The van der Waals surface area contributed by atoms with Crippen LogP contribution < -0.4 is 15.8 Å². The van der Waals surface area contributed by atoms with Gasteiger partial charge in [-0.15, -0.1) is 0 Å². The summed E-state index contributed by atoms with van der Waals surface area (Å²) in [5.41, 5.74) is 6.33. The number of methoxy groups -OCH3 is 1. The lowest BCUT2D eigenvalue weighted by Gasteiger charge is -2.14. The molecule has 1 unspecified atom stereocenters. The summed E-state index contributed by atoms with van der Waals surface area (Å²) in [7, 11) is 1.62. The molecule has 4 heteroatoms. The van der Waals surface area contributed by atoms with Crippen molar-refractivity contribution in [2.45, 2.75) is 19.4 Å². The largest absolute Gasteiger partial charge is 0.497 e. The number of nitrogens with two attached hydrogens (primary N) is 1. The highest BCUT2D eigenvalue weighted by atomic mass is 16.5. The molecule has 4 nitrogen and oxygen atoms in total. The number of hydrogen-bond donors (Lipinski definition) is 2. The third kappa shape index (κ3) is 3.55. The average molecular weight is 222 g/mol. The molecule has 0 heterocycles. The van der Waals surface area contributed by atoms with E-state index < -0.39 is 0 Å². The Hall–Kier alpha value is -1.55. The van der Waals surface area contributed by atoms with Crippen LogP contribution in [0.4, 0.5) is 0 Å². The van der Waals surface area contributed by atoms with E-state index in [0.29, 0.717) is 13.0 Å². The van der Waals surface area contributed by atoms with Crippen LogP contribution in [0.1, 0.15) is 24.9 Å². The average Bonchev–Trinajstić information content (AvgIpc) is 2.29. The maximum atomic E-state index is 11.4. The standard InChI is InChI=1S/C12H18N2O2/c1-9(14-12(15)6-7-13)10-4-3-5-11(8-10)16-2/h3-5,8-9H,6-7,13H2,1-2H3,(H,14,15). The van der Waals surface area contributed by atoms with Crippen LogP contribution in [0, 0.1) is 0 Å². The van der Waals surface area contributed by atoms with E-state index in [2.05, 4.69) is 5.32 Å². The number of amides is 1. The van der Waals surface area contributed by atoms with Gasteiger partial charge in [0.25, 0.3) is 0 Å². The highest BCUT2D eigenvalue weighted by molar-refractivity contribution is 5.76. The lowest BCUT2D eigenvalue weighted by atomic mass is 10.1. The van der Waals surface area contributed by atoms with Gasteiger partial charge in [0.2, 0.25) is 5.91 Å². The third-order valence-electron chi connectivity index (χ3n) is 2.34. The number of hydrogen-bond acceptors (Lipinski definition) is 3. The van der Waals surface area contributed by atoms with Crippen molar-refractivity contribution >= 4 is 5.91 Å². The van der Waals surface area contributed by atoms with Gasteiger partial charge in [-0.2, -0.15) is 0 Å². The zero-order valence-electron chi connectivity index (χ0n) is 9.69. The van der Waals surface area contributed by atoms with Crippen LogP contribution in [0.15, 0.2) is 24.3 Å². The molecule has 1 aromatic carbocycles. The van der Waals surface area contributed by atoms with Gasteiger partial charge >= 0.3 is 0 Å². The molecule has 0 aromatic heterocycles. The van der Waals surface area contributed by atoms with Crippen LogP contribution in [0.5, 0.6) is 5.75 Å². The molecule has 88 valence electrons. The van der Waals surface area contributed by atoms with Crippen molar-refractivity contribution in [2.24, 2.45) is 5.73 Å². The molecule has 3 N–H and O–H groups in total. The number of benzene rings is 1. The molecular weight excluding hydrogens is 204 g/mol. The van der Waals surface area contributed by atoms with Gasteiger partial charge < -0.3 is 15.8 Å². The van der Waals surface area contributed by atoms with Crippen molar-refractivity contribution in [1.29, 1.82) is 0 Å². The van der Waals surface area contributed by atoms with Gasteiger partial charge in [0.05, 0.1) is 13.2 Å². The summed E-state index contributed by atoms with van der Waals surface area (Å²) in [6.07, 6.45) is 0.355. The maximum absolute atomic E-state index is 11.4. The molecule has 16 heavy (non-hydrogen) atoms. The molecule has 0 aliphatic rings. The zero-order chi connectivity index (χ0) is 12.0. The number of carbonyl (C=O) groups excluding carboxylic acids is 1. The Labute approximate surface area is 95.8 Å². The van der Waals surface area contributed by atoms with E-state index in [1.165, 1.54) is 0 Å². The second-order valence-electron chi connectivity index (χ2n) is 3.60. The molecule has 0 saturated heterocycles. The van der Waals surface area contributed by atoms with Gasteiger partial charge in [-0.3, -0.25) is 4.79 Å². The Balaban J connectivity index is 2.64. The van der Waals surface area contributed by atoms with Gasteiger partial charge in [-0.05, 0) is 24.6 Å². The van der Waals surface area contributed by atoms with E-state index in [9.17, 15) is 4.79 Å². The number of carbonyl (C=O) groups is 1. The molecule has 1 rings (SSSR count). The summed E-state index contributed by atoms with van der Waals surface area (Å²) in [5, 5.41) is 2.87. The first-order valence-electron chi connectivity index (χ1n) is 5.30. The molecule has 0 radical (unpaired) electrons. The van der Waals surface area contributed by atoms with E-state index in [1.54, 1.807) is 7.11 Å². The van der Waals surface area contributed by atoms with Crippen molar-refractivity contribution < 1.29 is 9.53 Å². The first-order valence-corrected chi connectivity index (χ1v) is 5.30. The first-order chi connectivity index (χ1) is 7.67. The maximum Gasteiger partial charge on any atom is 0.221 e.